The second-order valence-electron chi connectivity index (χ2n) is 4.27. The third-order valence-corrected chi connectivity index (χ3v) is 2.72. The van der Waals surface area contributed by atoms with Gasteiger partial charge in [-0.2, -0.15) is 0 Å². The first-order valence-corrected chi connectivity index (χ1v) is 6.41. The Labute approximate surface area is 117 Å². The molecule has 4 nitrogen and oxygen atoms in total. The van der Waals surface area contributed by atoms with E-state index in [1.165, 1.54) is 12.1 Å². The van der Waals surface area contributed by atoms with Crippen molar-refractivity contribution in [1.29, 1.82) is 0 Å². The second-order valence-corrected chi connectivity index (χ2v) is 4.27. The van der Waals surface area contributed by atoms with Crippen molar-refractivity contribution in [3.8, 4) is 0 Å². The van der Waals surface area contributed by atoms with Crippen molar-refractivity contribution in [2.24, 2.45) is 0 Å². The largest absolute Gasteiger partial charge is 0.385 e. The minimum Gasteiger partial charge on any atom is -0.385 e. The summed E-state index contributed by atoms with van der Waals surface area (Å²) in [7, 11) is 0. The van der Waals surface area contributed by atoms with E-state index < -0.39 is 0 Å². The highest BCUT2D eigenvalue weighted by molar-refractivity contribution is 5.93. The molecule has 0 bridgehead atoms. The van der Waals surface area contributed by atoms with E-state index in [2.05, 4.69) is 15.6 Å². The zero-order valence-electron chi connectivity index (χ0n) is 11.2. The Morgan fingerprint density at radius 1 is 1.30 bits per heavy atom. The normalized spacial score (nSPS) is 10.1. The Balaban J connectivity index is 1.99. The number of nitrogens with one attached hydrogen (secondary N) is 2. The first-order valence-electron chi connectivity index (χ1n) is 6.41. The molecular weight excluding hydrogens is 257 g/mol. The number of carbonyl (C=O) groups is 1. The molecule has 5 heteroatoms. The van der Waals surface area contributed by atoms with Crippen LogP contribution in [0.5, 0.6) is 0 Å². The highest BCUT2D eigenvalue weighted by atomic mass is 19.1. The molecule has 0 atom stereocenters. The fourth-order valence-electron chi connectivity index (χ4n) is 1.79. The van der Waals surface area contributed by atoms with E-state index in [1.807, 2.05) is 6.92 Å². The van der Waals surface area contributed by atoms with Gasteiger partial charge in [0, 0.05) is 25.0 Å². The van der Waals surface area contributed by atoms with E-state index >= 15 is 0 Å². The maximum atomic E-state index is 13.0. The molecule has 0 spiro atoms. The molecule has 1 aromatic carbocycles. The van der Waals surface area contributed by atoms with Crippen LogP contribution in [0.3, 0.4) is 0 Å². The summed E-state index contributed by atoms with van der Waals surface area (Å²) in [5.41, 5.74) is 1.89. The summed E-state index contributed by atoms with van der Waals surface area (Å²) in [5, 5.41) is 5.83. The molecule has 2 aromatic rings. The number of amides is 1. The number of halogens is 1. The molecule has 0 radical (unpaired) electrons. The lowest BCUT2D eigenvalue weighted by atomic mass is 10.2. The summed E-state index contributed by atoms with van der Waals surface area (Å²) in [6.07, 6.45) is 1.58. The fraction of sp³-hybridized carbons (Fsp3) is 0.200. The number of benzene rings is 1. The van der Waals surface area contributed by atoms with Gasteiger partial charge in [0.05, 0.1) is 0 Å². The zero-order chi connectivity index (χ0) is 14.4. The van der Waals surface area contributed by atoms with Crippen LogP contribution in [-0.2, 0) is 6.54 Å². The van der Waals surface area contributed by atoms with Crippen molar-refractivity contribution < 1.29 is 9.18 Å². The molecule has 1 heterocycles. The minimum absolute atomic E-state index is 0.268. The number of aromatic nitrogens is 1. The Morgan fingerprint density at radius 3 is 2.90 bits per heavy atom. The SMILES string of the molecule is CCNc1ccnc(C(=O)NCc2cccc(F)c2)c1. The summed E-state index contributed by atoms with van der Waals surface area (Å²) >= 11 is 0. The summed E-state index contributed by atoms with van der Waals surface area (Å²) < 4.78 is 13.0. The average molecular weight is 273 g/mol. The van der Waals surface area contributed by atoms with Gasteiger partial charge in [0.1, 0.15) is 11.5 Å². The molecule has 0 aliphatic rings. The summed E-state index contributed by atoms with van der Waals surface area (Å²) in [6.45, 7) is 3.02. The number of anilines is 1. The van der Waals surface area contributed by atoms with Crippen molar-refractivity contribution in [1.82, 2.24) is 10.3 Å². The Bertz CT molecular complexity index is 601. The molecule has 20 heavy (non-hydrogen) atoms. The van der Waals surface area contributed by atoms with E-state index in [4.69, 9.17) is 0 Å². The molecule has 1 aromatic heterocycles. The molecule has 2 N–H and O–H groups in total. The monoisotopic (exact) mass is 273 g/mol. The molecule has 0 unspecified atom stereocenters. The first-order chi connectivity index (χ1) is 9.69. The highest BCUT2D eigenvalue weighted by Gasteiger charge is 2.07. The Hall–Kier alpha value is -2.43. The van der Waals surface area contributed by atoms with Gasteiger partial charge in [-0.25, -0.2) is 4.39 Å². The molecular formula is C15H16FN3O. The van der Waals surface area contributed by atoms with Crippen LogP contribution in [-0.4, -0.2) is 17.4 Å². The predicted molar refractivity (Wildman–Crippen MR) is 76.0 cm³/mol. The quantitative estimate of drug-likeness (QED) is 0.880. The number of pyridine rings is 1. The lowest BCUT2D eigenvalue weighted by molar-refractivity contribution is 0.0946. The third-order valence-electron chi connectivity index (χ3n) is 2.72. The van der Waals surface area contributed by atoms with Crippen LogP contribution >= 0.6 is 0 Å². The van der Waals surface area contributed by atoms with Crippen LogP contribution in [0.2, 0.25) is 0 Å². The van der Waals surface area contributed by atoms with Crippen molar-refractivity contribution in [2.45, 2.75) is 13.5 Å². The van der Waals surface area contributed by atoms with Crippen molar-refractivity contribution in [3.05, 3.63) is 59.7 Å². The molecule has 0 aliphatic carbocycles. The van der Waals surface area contributed by atoms with E-state index in [1.54, 1.807) is 30.5 Å². The number of hydrogen-bond acceptors (Lipinski definition) is 3. The number of rotatable bonds is 5. The molecule has 1 amide bonds. The summed E-state index contributed by atoms with van der Waals surface area (Å²) in [5.74, 6) is -0.599. The third kappa shape index (κ3) is 3.78. The van der Waals surface area contributed by atoms with Crippen LogP contribution < -0.4 is 10.6 Å². The molecule has 0 saturated heterocycles. The van der Waals surface area contributed by atoms with Crippen LogP contribution in [0.15, 0.2) is 42.6 Å². The van der Waals surface area contributed by atoms with Crippen molar-refractivity contribution >= 4 is 11.6 Å². The van der Waals surface area contributed by atoms with Crippen LogP contribution in [0.1, 0.15) is 23.0 Å². The molecule has 0 aliphatic heterocycles. The van der Waals surface area contributed by atoms with Gasteiger partial charge in [-0.15, -0.1) is 0 Å². The van der Waals surface area contributed by atoms with Crippen LogP contribution in [0, 0.1) is 5.82 Å². The maximum absolute atomic E-state index is 13.0. The van der Waals surface area contributed by atoms with Gasteiger partial charge in [0.25, 0.3) is 5.91 Å². The Morgan fingerprint density at radius 2 is 2.15 bits per heavy atom. The Kier molecular flexibility index (Phi) is 4.65. The summed E-state index contributed by atoms with van der Waals surface area (Å²) in [6, 6.07) is 9.61. The van der Waals surface area contributed by atoms with Crippen LogP contribution in [0.4, 0.5) is 10.1 Å². The van der Waals surface area contributed by atoms with Gasteiger partial charge in [-0.1, -0.05) is 12.1 Å². The number of hydrogen-bond donors (Lipinski definition) is 2. The van der Waals surface area contributed by atoms with Crippen LogP contribution in [0.25, 0.3) is 0 Å². The van der Waals surface area contributed by atoms with Crippen molar-refractivity contribution in [2.75, 3.05) is 11.9 Å². The molecule has 0 saturated carbocycles. The maximum Gasteiger partial charge on any atom is 0.270 e. The topological polar surface area (TPSA) is 54.0 Å². The number of carbonyl (C=O) groups excluding carboxylic acids is 1. The van der Waals surface area contributed by atoms with Crippen molar-refractivity contribution in [3.63, 3.8) is 0 Å². The van der Waals surface area contributed by atoms with E-state index in [9.17, 15) is 9.18 Å². The first kappa shape index (κ1) is 14.0. The lowest BCUT2D eigenvalue weighted by Gasteiger charge is -2.07. The average Bonchev–Trinajstić information content (AvgIpc) is 2.45. The van der Waals surface area contributed by atoms with E-state index in [-0.39, 0.29) is 18.3 Å². The fourth-order valence-corrected chi connectivity index (χ4v) is 1.79. The second kappa shape index (κ2) is 6.65. The van der Waals surface area contributed by atoms with Gasteiger partial charge < -0.3 is 10.6 Å². The molecule has 104 valence electrons. The number of nitrogens with zero attached hydrogens (tertiary/aromatic N) is 1. The highest BCUT2D eigenvalue weighted by Crippen LogP contribution is 2.08. The van der Waals surface area contributed by atoms with Gasteiger partial charge >= 0.3 is 0 Å². The van der Waals surface area contributed by atoms with Gasteiger partial charge in [-0.3, -0.25) is 9.78 Å². The van der Waals surface area contributed by atoms with E-state index in [0.717, 1.165) is 12.2 Å². The zero-order valence-corrected chi connectivity index (χ0v) is 11.2. The van der Waals surface area contributed by atoms with Gasteiger partial charge in [0.15, 0.2) is 0 Å². The summed E-state index contributed by atoms with van der Waals surface area (Å²) in [4.78, 5) is 16.0. The van der Waals surface area contributed by atoms with Gasteiger partial charge in [0.2, 0.25) is 0 Å². The van der Waals surface area contributed by atoms with Gasteiger partial charge in [-0.05, 0) is 36.8 Å². The van der Waals surface area contributed by atoms with E-state index in [0.29, 0.717) is 11.3 Å². The minimum atomic E-state index is -0.316. The lowest BCUT2D eigenvalue weighted by Crippen LogP contribution is -2.23. The smallest absolute Gasteiger partial charge is 0.270 e. The molecule has 0 fully saturated rings. The predicted octanol–water partition coefficient (Wildman–Crippen LogP) is 2.58. The molecule has 2 rings (SSSR count). The standard InChI is InChI=1S/C15H16FN3O/c1-2-17-13-6-7-18-14(9-13)15(20)19-10-11-4-3-5-12(16)8-11/h3-9H,2,10H2,1H3,(H,17,18)(H,19,20).